The van der Waals surface area contributed by atoms with E-state index in [2.05, 4.69) is 15.5 Å². The summed E-state index contributed by atoms with van der Waals surface area (Å²) in [7, 11) is 0. The van der Waals surface area contributed by atoms with Gasteiger partial charge in [-0.25, -0.2) is 0 Å². The molecule has 122 valence electrons. The summed E-state index contributed by atoms with van der Waals surface area (Å²) in [5, 5.41) is 16.9. The van der Waals surface area contributed by atoms with E-state index in [4.69, 9.17) is 9.26 Å². The standard InChI is InChI=1S/C16H19N3O4/c1-2-10-8-13(19-23-10)16(21)18-12-5-6-14(15(12)20)22-11-4-3-7-17-9-11/h3-4,7-9,12,14-15,20H,2,5-6H2,1H3,(H,18,21)/t12-,14-,15-/m1/s1. The molecule has 0 saturated heterocycles. The van der Waals surface area contributed by atoms with Gasteiger partial charge in [-0.15, -0.1) is 0 Å². The van der Waals surface area contributed by atoms with Crippen molar-refractivity contribution in [3.05, 3.63) is 42.0 Å². The predicted molar refractivity (Wildman–Crippen MR) is 81.0 cm³/mol. The summed E-state index contributed by atoms with van der Waals surface area (Å²) in [6.07, 6.45) is 4.07. The van der Waals surface area contributed by atoms with Gasteiger partial charge in [0.15, 0.2) is 5.69 Å². The molecule has 0 radical (unpaired) electrons. The van der Waals surface area contributed by atoms with Gasteiger partial charge in [0.1, 0.15) is 23.7 Å². The third kappa shape index (κ3) is 3.50. The Hall–Kier alpha value is -2.41. The van der Waals surface area contributed by atoms with E-state index in [1.54, 1.807) is 30.6 Å². The number of ether oxygens (including phenoxy) is 1. The van der Waals surface area contributed by atoms with E-state index >= 15 is 0 Å². The van der Waals surface area contributed by atoms with E-state index in [0.717, 1.165) is 0 Å². The minimum Gasteiger partial charge on any atom is -0.486 e. The number of aliphatic hydroxyl groups is 1. The van der Waals surface area contributed by atoms with Crippen molar-refractivity contribution in [2.75, 3.05) is 0 Å². The van der Waals surface area contributed by atoms with E-state index in [9.17, 15) is 9.90 Å². The van der Waals surface area contributed by atoms with Gasteiger partial charge < -0.3 is 19.7 Å². The van der Waals surface area contributed by atoms with Crippen molar-refractivity contribution < 1.29 is 19.2 Å². The summed E-state index contributed by atoms with van der Waals surface area (Å²) >= 11 is 0. The summed E-state index contributed by atoms with van der Waals surface area (Å²) in [6, 6.07) is 4.80. The highest BCUT2D eigenvalue weighted by molar-refractivity contribution is 5.92. The second-order valence-electron chi connectivity index (χ2n) is 5.52. The van der Waals surface area contributed by atoms with E-state index < -0.39 is 6.10 Å². The van der Waals surface area contributed by atoms with Crippen LogP contribution in [0.2, 0.25) is 0 Å². The fourth-order valence-electron chi connectivity index (χ4n) is 2.65. The second-order valence-corrected chi connectivity index (χ2v) is 5.52. The van der Waals surface area contributed by atoms with Gasteiger partial charge in [-0.1, -0.05) is 12.1 Å². The largest absolute Gasteiger partial charge is 0.486 e. The molecule has 0 spiro atoms. The molecule has 2 aromatic rings. The summed E-state index contributed by atoms with van der Waals surface area (Å²) in [4.78, 5) is 16.1. The normalized spacial score (nSPS) is 23.7. The van der Waals surface area contributed by atoms with Gasteiger partial charge in [0, 0.05) is 18.7 Å². The molecule has 0 aliphatic heterocycles. The number of rotatable bonds is 5. The number of carbonyl (C=O) groups is 1. The lowest BCUT2D eigenvalue weighted by atomic mass is 10.2. The van der Waals surface area contributed by atoms with Crippen LogP contribution in [-0.2, 0) is 6.42 Å². The smallest absolute Gasteiger partial charge is 0.273 e. The Morgan fingerprint density at radius 1 is 1.52 bits per heavy atom. The molecule has 1 aliphatic carbocycles. The van der Waals surface area contributed by atoms with Crippen LogP contribution in [0, 0.1) is 0 Å². The van der Waals surface area contributed by atoms with Gasteiger partial charge in [-0.2, -0.15) is 0 Å². The molecule has 1 saturated carbocycles. The van der Waals surface area contributed by atoms with Crippen LogP contribution < -0.4 is 10.1 Å². The van der Waals surface area contributed by atoms with Crippen molar-refractivity contribution in [2.45, 2.75) is 44.4 Å². The Kier molecular flexibility index (Phi) is 4.57. The van der Waals surface area contributed by atoms with Crippen LogP contribution in [0.15, 0.2) is 35.1 Å². The van der Waals surface area contributed by atoms with E-state index in [1.807, 2.05) is 6.92 Å². The third-order valence-corrected chi connectivity index (χ3v) is 3.93. The zero-order valence-electron chi connectivity index (χ0n) is 12.8. The molecule has 2 heterocycles. The van der Waals surface area contributed by atoms with E-state index in [-0.39, 0.29) is 23.7 Å². The number of hydrogen-bond acceptors (Lipinski definition) is 6. The minimum absolute atomic E-state index is 0.227. The highest BCUT2D eigenvalue weighted by Crippen LogP contribution is 2.25. The van der Waals surface area contributed by atoms with Crippen molar-refractivity contribution in [1.82, 2.24) is 15.5 Å². The molecule has 0 bridgehead atoms. The lowest BCUT2D eigenvalue weighted by Gasteiger charge is -2.21. The average Bonchev–Trinajstić information content (AvgIpc) is 3.18. The molecule has 7 nitrogen and oxygen atoms in total. The summed E-state index contributed by atoms with van der Waals surface area (Å²) in [5.74, 6) is 0.909. The molecule has 3 rings (SSSR count). The Morgan fingerprint density at radius 2 is 2.39 bits per heavy atom. The highest BCUT2D eigenvalue weighted by atomic mass is 16.5. The van der Waals surface area contributed by atoms with Crippen LogP contribution in [0.5, 0.6) is 5.75 Å². The van der Waals surface area contributed by atoms with Crippen molar-refractivity contribution in [1.29, 1.82) is 0 Å². The number of hydrogen-bond donors (Lipinski definition) is 2. The number of pyridine rings is 1. The van der Waals surface area contributed by atoms with Crippen LogP contribution in [0.25, 0.3) is 0 Å². The molecule has 1 amide bonds. The summed E-state index contributed by atoms with van der Waals surface area (Å²) in [5.41, 5.74) is 0.227. The first-order valence-corrected chi connectivity index (χ1v) is 7.68. The first-order chi connectivity index (χ1) is 11.2. The number of amides is 1. The van der Waals surface area contributed by atoms with Crippen LogP contribution in [0.4, 0.5) is 0 Å². The quantitative estimate of drug-likeness (QED) is 0.863. The predicted octanol–water partition coefficient (Wildman–Crippen LogP) is 1.33. The Labute approximate surface area is 133 Å². The van der Waals surface area contributed by atoms with Gasteiger partial charge in [-0.3, -0.25) is 9.78 Å². The molecular weight excluding hydrogens is 298 g/mol. The van der Waals surface area contributed by atoms with E-state index in [0.29, 0.717) is 30.8 Å². The topological polar surface area (TPSA) is 97.5 Å². The Bertz CT molecular complexity index is 658. The Balaban J connectivity index is 1.58. The highest BCUT2D eigenvalue weighted by Gasteiger charge is 2.37. The number of aromatic nitrogens is 2. The first kappa shape index (κ1) is 15.5. The summed E-state index contributed by atoms with van der Waals surface area (Å²) < 4.78 is 10.8. The summed E-state index contributed by atoms with van der Waals surface area (Å²) in [6.45, 7) is 1.92. The lowest BCUT2D eigenvalue weighted by Crippen LogP contribution is -2.44. The molecule has 2 aromatic heterocycles. The maximum Gasteiger partial charge on any atom is 0.273 e. The fourth-order valence-corrected chi connectivity index (χ4v) is 2.65. The minimum atomic E-state index is -0.781. The fraction of sp³-hybridized carbons (Fsp3) is 0.438. The zero-order valence-corrected chi connectivity index (χ0v) is 12.8. The molecule has 3 atom stereocenters. The van der Waals surface area contributed by atoms with Crippen LogP contribution in [-0.4, -0.2) is 39.4 Å². The first-order valence-electron chi connectivity index (χ1n) is 7.68. The van der Waals surface area contributed by atoms with Gasteiger partial charge >= 0.3 is 0 Å². The molecule has 7 heteroatoms. The van der Waals surface area contributed by atoms with Crippen LogP contribution in [0.3, 0.4) is 0 Å². The number of carbonyl (C=O) groups excluding carboxylic acids is 1. The molecule has 0 aromatic carbocycles. The van der Waals surface area contributed by atoms with Crippen molar-refractivity contribution >= 4 is 5.91 Å². The van der Waals surface area contributed by atoms with Gasteiger partial charge in [0.05, 0.1) is 12.2 Å². The molecule has 1 aliphatic rings. The third-order valence-electron chi connectivity index (χ3n) is 3.93. The van der Waals surface area contributed by atoms with E-state index in [1.165, 1.54) is 0 Å². The monoisotopic (exact) mass is 317 g/mol. The second kappa shape index (κ2) is 6.78. The number of aliphatic hydroxyl groups excluding tert-OH is 1. The SMILES string of the molecule is CCc1cc(C(=O)N[C@@H]2CC[C@@H](Oc3cccnc3)[C@@H]2O)no1. The van der Waals surface area contributed by atoms with Gasteiger partial charge in [0.2, 0.25) is 0 Å². The number of aryl methyl sites for hydroxylation is 1. The number of nitrogens with zero attached hydrogens (tertiary/aromatic N) is 2. The maximum atomic E-state index is 12.1. The van der Waals surface area contributed by atoms with Crippen molar-refractivity contribution in [3.63, 3.8) is 0 Å². The van der Waals surface area contributed by atoms with Gasteiger partial charge in [-0.05, 0) is 25.0 Å². The molecule has 23 heavy (non-hydrogen) atoms. The van der Waals surface area contributed by atoms with Crippen molar-refractivity contribution in [3.8, 4) is 5.75 Å². The van der Waals surface area contributed by atoms with Crippen molar-refractivity contribution in [2.24, 2.45) is 0 Å². The lowest BCUT2D eigenvalue weighted by molar-refractivity contribution is 0.0431. The maximum absolute atomic E-state index is 12.1. The zero-order chi connectivity index (χ0) is 16.2. The van der Waals surface area contributed by atoms with Gasteiger partial charge in [0.25, 0.3) is 5.91 Å². The Morgan fingerprint density at radius 3 is 3.09 bits per heavy atom. The van der Waals surface area contributed by atoms with Crippen LogP contribution in [0.1, 0.15) is 36.0 Å². The molecule has 2 N–H and O–H groups in total. The van der Waals surface area contributed by atoms with Crippen LogP contribution >= 0.6 is 0 Å². The molecule has 1 fully saturated rings. The average molecular weight is 317 g/mol. The molecular formula is C16H19N3O4. The number of nitrogens with one attached hydrogen (secondary N) is 1. The molecule has 0 unspecified atom stereocenters.